The zero-order valence-corrected chi connectivity index (χ0v) is 20.2. The van der Waals surface area contributed by atoms with E-state index in [9.17, 15) is 9.59 Å². The van der Waals surface area contributed by atoms with Crippen LogP contribution in [0.3, 0.4) is 0 Å². The number of nitrogens with one attached hydrogen (secondary N) is 1. The van der Waals surface area contributed by atoms with Gasteiger partial charge in [-0.2, -0.15) is 0 Å². The number of nitrogens with zero attached hydrogens (tertiary/aromatic N) is 2. The number of carbonyl (C=O) groups excluding carboxylic acids is 2. The van der Waals surface area contributed by atoms with Crippen LogP contribution < -0.4 is 19.7 Å². The van der Waals surface area contributed by atoms with E-state index in [1.54, 1.807) is 19.1 Å². The number of para-hydroxylation sites is 1. The third-order valence-electron chi connectivity index (χ3n) is 6.27. The molecular formula is C27H25N3O4S. The van der Waals surface area contributed by atoms with Crippen molar-refractivity contribution in [3.05, 3.63) is 78.4 Å². The van der Waals surface area contributed by atoms with Gasteiger partial charge in [0.1, 0.15) is 11.5 Å². The molecule has 1 aliphatic rings. The molecule has 5 rings (SSSR count). The summed E-state index contributed by atoms with van der Waals surface area (Å²) < 4.78 is 11.6. The van der Waals surface area contributed by atoms with Crippen LogP contribution in [-0.2, 0) is 9.59 Å². The number of ether oxygens (including phenoxy) is 2. The molecule has 2 heterocycles. The van der Waals surface area contributed by atoms with Crippen LogP contribution in [0.15, 0.2) is 72.8 Å². The Bertz CT molecular complexity index is 1320. The largest absolute Gasteiger partial charge is 0.497 e. The molecule has 0 saturated carbocycles. The highest BCUT2D eigenvalue weighted by atomic mass is 32.1. The number of fused-ring (bicyclic) bond motifs is 1. The minimum Gasteiger partial charge on any atom is -0.497 e. The van der Waals surface area contributed by atoms with E-state index in [0.29, 0.717) is 28.7 Å². The van der Waals surface area contributed by atoms with Gasteiger partial charge in [-0.3, -0.25) is 9.59 Å². The lowest BCUT2D eigenvalue weighted by atomic mass is 9.83. The molecule has 0 radical (unpaired) electrons. The third kappa shape index (κ3) is 4.57. The smallest absolute Gasteiger partial charge is 0.231 e. The van der Waals surface area contributed by atoms with E-state index in [1.165, 1.54) is 11.3 Å². The van der Waals surface area contributed by atoms with Crippen molar-refractivity contribution in [1.82, 2.24) is 4.98 Å². The molecule has 2 amide bonds. The predicted molar refractivity (Wildman–Crippen MR) is 137 cm³/mol. The maximum atomic E-state index is 13.6. The Morgan fingerprint density at radius 3 is 2.29 bits per heavy atom. The molecule has 0 spiro atoms. The van der Waals surface area contributed by atoms with E-state index in [2.05, 4.69) is 10.3 Å². The summed E-state index contributed by atoms with van der Waals surface area (Å²) >= 11 is 1.44. The Labute approximate surface area is 207 Å². The van der Waals surface area contributed by atoms with Crippen LogP contribution in [0, 0.1) is 5.92 Å². The summed E-state index contributed by atoms with van der Waals surface area (Å²) in [7, 11) is 3.21. The van der Waals surface area contributed by atoms with E-state index in [1.807, 2.05) is 72.8 Å². The molecule has 0 aliphatic carbocycles. The predicted octanol–water partition coefficient (Wildman–Crippen LogP) is 5.44. The number of piperidine rings is 1. The van der Waals surface area contributed by atoms with E-state index in [0.717, 1.165) is 15.8 Å². The lowest BCUT2D eigenvalue weighted by Gasteiger charge is -2.40. The van der Waals surface area contributed by atoms with Crippen LogP contribution in [0.25, 0.3) is 10.2 Å². The highest BCUT2D eigenvalue weighted by molar-refractivity contribution is 7.22. The van der Waals surface area contributed by atoms with Crippen molar-refractivity contribution in [2.45, 2.75) is 18.9 Å². The number of aromatic nitrogens is 1. The van der Waals surface area contributed by atoms with Crippen molar-refractivity contribution in [3.63, 3.8) is 0 Å². The van der Waals surface area contributed by atoms with Gasteiger partial charge < -0.3 is 19.7 Å². The van der Waals surface area contributed by atoms with Gasteiger partial charge in [0.25, 0.3) is 0 Å². The molecule has 1 fully saturated rings. The zero-order chi connectivity index (χ0) is 24.4. The standard InChI is InChI=1S/C27H25N3O4S/c1-33-19-11-7-17(8-12-19)25-21(26(32)29-27-28-22-5-3-4-6-23(22)35-27)15-16-24(31)30(25)18-9-13-20(34-2)14-10-18/h3-14,21,25H,15-16H2,1-2H3,(H,28,29,32)/t21-,25-/m0/s1. The summed E-state index contributed by atoms with van der Waals surface area (Å²) in [4.78, 5) is 33.1. The molecule has 0 unspecified atom stereocenters. The molecular weight excluding hydrogens is 462 g/mol. The van der Waals surface area contributed by atoms with E-state index >= 15 is 0 Å². The Kier molecular flexibility index (Phi) is 6.37. The maximum absolute atomic E-state index is 13.6. The van der Waals surface area contributed by atoms with Gasteiger partial charge in [-0.05, 0) is 60.5 Å². The summed E-state index contributed by atoms with van der Waals surface area (Å²) in [5, 5.41) is 3.57. The van der Waals surface area contributed by atoms with Crippen molar-refractivity contribution in [2.24, 2.45) is 5.92 Å². The number of hydrogen-bond donors (Lipinski definition) is 1. The number of methoxy groups -OCH3 is 2. The zero-order valence-electron chi connectivity index (χ0n) is 19.4. The van der Waals surface area contributed by atoms with Crippen molar-refractivity contribution >= 4 is 44.2 Å². The van der Waals surface area contributed by atoms with Crippen molar-refractivity contribution in [2.75, 3.05) is 24.4 Å². The lowest BCUT2D eigenvalue weighted by molar-refractivity contribution is -0.125. The summed E-state index contributed by atoms with van der Waals surface area (Å²) in [5.74, 6) is 0.762. The first-order valence-electron chi connectivity index (χ1n) is 11.3. The maximum Gasteiger partial charge on any atom is 0.231 e. The quantitative estimate of drug-likeness (QED) is 0.392. The number of carbonyl (C=O) groups is 2. The van der Waals surface area contributed by atoms with Crippen molar-refractivity contribution in [3.8, 4) is 11.5 Å². The topological polar surface area (TPSA) is 80.8 Å². The first kappa shape index (κ1) is 22.9. The molecule has 35 heavy (non-hydrogen) atoms. The average molecular weight is 488 g/mol. The van der Waals surface area contributed by atoms with Gasteiger partial charge in [-0.15, -0.1) is 0 Å². The van der Waals surface area contributed by atoms with E-state index in [4.69, 9.17) is 9.47 Å². The number of amides is 2. The molecule has 3 aromatic carbocycles. The summed E-state index contributed by atoms with van der Waals surface area (Å²) in [6.45, 7) is 0. The van der Waals surface area contributed by atoms with Gasteiger partial charge in [0.2, 0.25) is 11.8 Å². The van der Waals surface area contributed by atoms with Crippen LogP contribution in [0.2, 0.25) is 0 Å². The normalized spacial score (nSPS) is 17.9. The summed E-state index contributed by atoms with van der Waals surface area (Å²) in [5.41, 5.74) is 2.42. The molecule has 1 aromatic heterocycles. The molecule has 4 aromatic rings. The Morgan fingerprint density at radius 2 is 1.63 bits per heavy atom. The van der Waals surface area contributed by atoms with Gasteiger partial charge >= 0.3 is 0 Å². The van der Waals surface area contributed by atoms with Gasteiger partial charge in [0.05, 0.1) is 36.4 Å². The molecule has 178 valence electrons. The molecule has 7 nitrogen and oxygen atoms in total. The van der Waals surface area contributed by atoms with Crippen LogP contribution in [0.4, 0.5) is 10.8 Å². The number of rotatable bonds is 6. The molecule has 0 bridgehead atoms. The summed E-state index contributed by atoms with van der Waals surface area (Å²) in [6, 6.07) is 22.2. The second-order valence-corrected chi connectivity index (χ2v) is 9.33. The van der Waals surface area contributed by atoms with Crippen molar-refractivity contribution < 1.29 is 19.1 Å². The van der Waals surface area contributed by atoms with Gasteiger partial charge in [-0.1, -0.05) is 35.6 Å². The molecule has 1 aliphatic heterocycles. The second kappa shape index (κ2) is 9.76. The summed E-state index contributed by atoms with van der Waals surface area (Å²) in [6.07, 6.45) is 0.718. The number of benzene rings is 3. The Morgan fingerprint density at radius 1 is 0.971 bits per heavy atom. The monoisotopic (exact) mass is 487 g/mol. The second-order valence-electron chi connectivity index (χ2n) is 8.30. The molecule has 1 N–H and O–H groups in total. The number of hydrogen-bond acceptors (Lipinski definition) is 6. The Balaban J connectivity index is 1.51. The lowest BCUT2D eigenvalue weighted by Crippen LogP contribution is -2.46. The Hall–Kier alpha value is -3.91. The van der Waals surface area contributed by atoms with E-state index < -0.39 is 12.0 Å². The van der Waals surface area contributed by atoms with Gasteiger partial charge in [0.15, 0.2) is 5.13 Å². The van der Waals surface area contributed by atoms with Crippen LogP contribution >= 0.6 is 11.3 Å². The third-order valence-corrected chi connectivity index (χ3v) is 7.22. The minimum absolute atomic E-state index is 0.0278. The SMILES string of the molecule is COc1ccc([C@H]2[C@@H](C(=O)Nc3nc4ccccc4s3)CCC(=O)N2c2ccc(OC)cc2)cc1. The van der Waals surface area contributed by atoms with Crippen molar-refractivity contribution in [1.29, 1.82) is 0 Å². The molecule has 1 saturated heterocycles. The number of anilines is 2. The average Bonchev–Trinajstić information content (AvgIpc) is 3.31. The minimum atomic E-state index is -0.482. The van der Waals surface area contributed by atoms with Crippen LogP contribution in [-0.4, -0.2) is 31.0 Å². The highest BCUT2D eigenvalue weighted by Crippen LogP contribution is 2.41. The number of thiazole rings is 1. The van der Waals surface area contributed by atoms with Gasteiger partial charge in [-0.25, -0.2) is 4.98 Å². The molecule has 2 atom stereocenters. The van der Waals surface area contributed by atoms with Crippen LogP contribution in [0.1, 0.15) is 24.4 Å². The van der Waals surface area contributed by atoms with Gasteiger partial charge in [0, 0.05) is 12.1 Å². The fraction of sp³-hybridized carbons (Fsp3) is 0.222. The fourth-order valence-electron chi connectivity index (χ4n) is 4.52. The highest BCUT2D eigenvalue weighted by Gasteiger charge is 2.41. The first-order valence-corrected chi connectivity index (χ1v) is 12.2. The van der Waals surface area contributed by atoms with Crippen LogP contribution in [0.5, 0.6) is 11.5 Å². The molecule has 8 heteroatoms. The first-order chi connectivity index (χ1) is 17.1. The fourth-order valence-corrected chi connectivity index (χ4v) is 5.39. The van der Waals surface area contributed by atoms with E-state index in [-0.39, 0.29) is 18.2 Å².